The van der Waals surface area contributed by atoms with E-state index >= 15 is 0 Å². The second-order valence-electron chi connectivity index (χ2n) is 8.34. The van der Waals surface area contributed by atoms with Crippen LogP contribution in [0.2, 0.25) is 20.1 Å². The Morgan fingerprint density at radius 3 is 1.70 bits per heavy atom. The molecule has 2 fully saturated rings. The molecular weight excluding hydrogens is 638 g/mol. The molecule has 2 aromatic rings. The average Bonchev–Trinajstić information content (AvgIpc) is 2.93. The van der Waals surface area contributed by atoms with Crippen LogP contribution in [0.15, 0.2) is 58.9 Å². The Labute approximate surface area is 255 Å². The van der Waals surface area contributed by atoms with E-state index in [1.165, 1.54) is 24.3 Å². The van der Waals surface area contributed by atoms with Crippen molar-refractivity contribution < 1.29 is 18.0 Å². The highest BCUT2D eigenvalue weighted by Gasteiger charge is 2.26. The van der Waals surface area contributed by atoms with Crippen LogP contribution in [-0.2, 0) is 9.84 Å². The first kappa shape index (κ1) is 31.8. The Bertz CT molecular complexity index is 1600. The molecule has 2 heterocycles. The molecular formula is C26H20Cl4N4O4S2. The lowest BCUT2D eigenvalue weighted by molar-refractivity contribution is 0.102. The number of halogens is 4. The summed E-state index contributed by atoms with van der Waals surface area (Å²) in [6.45, 7) is 0.942. The molecule has 0 bridgehead atoms. The number of nitrogens with zero attached hydrogens (tertiary/aromatic N) is 2. The van der Waals surface area contributed by atoms with Crippen LogP contribution in [0.3, 0.4) is 0 Å². The van der Waals surface area contributed by atoms with Gasteiger partial charge in [-0.2, -0.15) is 22.3 Å². The van der Waals surface area contributed by atoms with Gasteiger partial charge in [-0.15, -0.1) is 0 Å². The van der Waals surface area contributed by atoms with E-state index in [1.54, 1.807) is 30.0 Å². The third kappa shape index (κ3) is 8.17. The van der Waals surface area contributed by atoms with Crippen molar-refractivity contribution in [2.45, 2.75) is 0 Å². The highest BCUT2D eigenvalue weighted by atomic mass is 35.5. The number of thioether (sulfide) groups is 1. The summed E-state index contributed by atoms with van der Waals surface area (Å²) in [5, 5.41) is 25.5. The number of hydrogen-bond acceptors (Lipinski definition) is 9. The van der Waals surface area contributed by atoms with Crippen molar-refractivity contribution in [1.82, 2.24) is 10.6 Å². The van der Waals surface area contributed by atoms with Crippen molar-refractivity contribution in [3.05, 3.63) is 90.2 Å². The number of ketones is 2. The van der Waals surface area contributed by atoms with Crippen LogP contribution >= 0.6 is 58.2 Å². The van der Waals surface area contributed by atoms with Crippen molar-refractivity contribution in [1.29, 1.82) is 10.5 Å². The maximum atomic E-state index is 12.3. The van der Waals surface area contributed by atoms with Gasteiger partial charge in [-0.3, -0.25) is 9.59 Å². The van der Waals surface area contributed by atoms with Crippen LogP contribution in [-0.4, -0.2) is 56.1 Å². The van der Waals surface area contributed by atoms with Crippen molar-refractivity contribution in [3.8, 4) is 12.1 Å². The zero-order valence-corrected chi connectivity index (χ0v) is 25.2. The smallest absolute Gasteiger partial charge is 0.205 e. The number of carbonyl (C=O) groups is 2. The number of hydrogen-bond donors (Lipinski definition) is 2. The van der Waals surface area contributed by atoms with Gasteiger partial charge in [0.25, 0.3) is 0 Å². The Balaban J connectivity index is 0.000000222. The lowest BCUT2D eigenvalue weighted by atomic mass is 10.0. The summed E-state index contributed by atoms with van der Waals surface area (Å²) in [6, 6.07) is 12.6. The normalized spacial score (nSPS) is 18.4. The monoisotopic (exact) mass is 656 g/mol. The van der Waals surface area contributed by atoms with Crippen LogP contribution in [0.5, 0.6) is 0 Å². The van der Waals surface area contributed by atoms with E-state index in [1.807, 2.05) is 6.07 Å². The largest absolute Gasteiger partial charge is 0.386 e. The number of nitrogens with one attached hydrogen (secondary N) is 2. The fourth-order valence-corrected chi connectivity index (χ4v) is 6.28. The van der Waals surface area contributed by atoms with Gasteiger partial charge in [0.15, 0.2) is 9.84 Å². The van der Waals surface area contributed by atoms with Crippen molar-refractivity contribution in [2.24, 2.45) is 0 Å². The molecule has 2 aliphatic rings. The predicted molar refractivity (Wildman–Crippen MR) is 159 cm³/mol. The molecule has 8 nitrogen and oxygen atoms in total. The van der Waals surface area contributed by atoms with Crippen molar-refractivity contribution in [3.63, 3.8) is 0 Å². The summed E-state index contributed by atoms with van der Waals surface area (Å²) in [6.07, 6.45) is 0. The van der Waals surface area contributed by atoms with Gasteiger partial charge in [-0.05, 0) is 36.4 Å². The molecule has 2 saturated heterocycles. The number of benzene rings is 2. The number of allylic oxidation sites excluding steroid dienone is 2. The first-order chi connectivity index (χ1) is 19.0. The van der Waals surface area contributed by atoms with Gasteiger partial charge in [-0.1, -0.05) is 46.4 Å². The molecule has 14 heteroatoms. The average molecular weight is 658 g/mol. The molecule has 2 N–H and O–H groups in total. The lowest BCUT2D eigenvalue weighted by Crippen LogP contribution is -2.36. The quantitative estimate of drug-likeness (QED) is 0.256. The summed E-state index contributed by atoms with van der Waals surface area (Å²) in [4.78, 5) is 24.6. The molecule has 208 valence electrons. The maximum Gasteiger partial charge on any atom is 0.205 e. The van der Waals surface area contributed by atoms with Crippen molar-refractivity contribution >= 4 is 79.6 Å². The molecule has 0 atom stereocenters. The minimum absolute atomic E-state index is 0.0177. The van der Waals surface area contributed by atoms with Gasteiger partial charge < -0.3 is 10.6 Å². The van der Waals surface area contributed by atoms with E-state index in [-0.39, 0.29) is 56.3 Å². The van der Waals surface area contributed by atoms with Gasteiger partial charge in [0.2, 0.25) is 11.6 Å². The van der Waals surface area contributed by atoms with Gasteiger partial charge in [0.05, 0.1) is 31.6 Å². The Kier molecular flexibility index (Phi) is 11.4. The number of sulfone groups is 1. The van der Waals surface area contributed by atoms with Crippen LogP contribution in [0.25, 0.3) is 0 Å². The SMILES string of the molecule is N#C/C(C(=O)c1ccc(Cl)c(Cl)c1)=C1\CS(=O)(=O)CCN1.N#C/C(C(=O)c1ccc(Cl)c(Cl)c1)=C1\CSCCN1. The molecule has 2 aliphatic heterocycles. The zero-order valence-electron chi connectivity index (χ0n) is 20.6. The third-order valence-corrected chi connectivity index (χ3v) is 9.61. The molecule has 0 unspecified atom stereocenters. The van der Waals surface area contributed by atoms with E-state index in [2.05, 4.69) is 10.6 Å². The molecule has 0 aromatic heterocycles. The van der Waals surface area contributed by atoms with Gasteiger partial charge in [0, 0.05) is 47.1 Å². The van der Waals surface area contributed by atoms with Crippen LogP contribution in [0.4, 0.5) is 0 Å². The Morgan fingerprint density at radius 1 is 0.775 bits per heavy atom. The predicted octanol–water partition coefficient (Wildman–Crippen LogP) is 5.26. The third-order valence-electron chi connectivity index (χ3n) is 5.59. The van der Waals surface area contributed by atoms with E-state index in [9.17, 15) is 28.5 Å². The lowest BCUT2D eigenvalue weighted by Gasteiger charge is -2.18. The van der Waals surface area contributed by atoms with E-state index in [0.717, 1.165) is 12.3 Å². The molecule has 0 amide bonds. The standard InChI is InChI=1S/C13H10Cl2N2O3S.C13H10Cl2N2OS/c14-10-2-1-8(5-11(10)15)13(18)9(6-16)12-7-21(19,20)4-3-17-12;14-10-2-1-8(5-11(10)15)13(18)9(6-16)12-7-19-4-3-17-12/h1-2,5,17H,3-4,7H2;1-2,5,17H,3-4,7H2/b2*12-9-. The van der Waals surface area contributed by atoms with Gasteiger partial charge >= 0.3 is 0 Å². The topological polar surface area (TPSA) is 140 Å². The highest BCUT2D eigenvalue weighted by Crippen LogP contribution is 2.26. The molecule has 40 heavy (non-hydrogen) atoms. The summed E-state index contributed by atoms with van der Waals surface area (Å²) in [5.41, 5.74) is 1.28. The second-order valence-corrected chi connectivity index (χ2v) is 13.3. The number of Topliss-reactive ketones (excluding diaryl/α,β-unsaturated/α-hetero) is 2. The van der Waals surface area contributed by atoms with Crippen molar-refractivity contribution in [2.75, 3.05) is 36.1 Å². The minimum atomic E-state index is -3.29. The van der Waals surface area contributed by atoms with E-state index in [0.29, 0.717) is 27.1 Å². The van der Waals surface area contributed by atoms with Gasteiger partial charge in [-0.25, -0.2) is 8.42 Å². The van der Waals surface area contributed by atoms with Crippen LogP contribution in [0.1, 0.15) is 20.7 Å². The van der Waals surface area contributed by atoms with Crippen LogP contribution < -0.4 is 10.6 Å². The summed E-state index contributed by atoms with van der Waals surface area (Å²) in [7, 11) is -3.29. The summed E-state index contributed by atoms with van der Waals surface area (Å²) in [5.74, 6) is 0.347. The number of carbonyl (C=O) groups excluding carboxylic acids is 2. The molecule has 0 spiro atoms. The fourth-order valence-electron chi connectivity index (χ4n) is 3.60. The Hall–Kier alpha value is -2.70. The molecule has 0 radical (unpaired) electrons. The highest BCUT2D eigenvalue weighted by molar-refractivity contribution is 7.99. The van der Waals surface area contributed by atoms with E-state index in [4.69, 9.17) is 46.4 Å². The van der Waals surface area contributed by atoms with Gasteiger partial charge in [0.1, 0.15) is 23.3 Å². The number of rotatable bonds is 4. The zero-order chi connectivity index (χ0) is 29.4. The molecule has 0 saturated carbocycles. The second kappa shape index (κ2) is 14.3. The molecule has 2 aromatic carbocycles. The summed E-state index contributed by atoms with van der Waals surface area (Å²) >= 11 is 25.0. The maximum absolute atomic E-state index is 12.3. The first-order valence-corrected chi connectivity index (χ1v) is 16.0. The molecule has 4 rings (SSSR count). The minimum Gasteiger partial charge on any atom is -0.386 e. The Morgan fingerprint density at radius 2 is 1.27 bits per heavy atom. The van der Waals surface area contributed by atoms with Crippen LogP contribution in [0, 0.1) is 22.7 Å². The fraction of sp³-hybridized carbons (Fsp3) is 0.231. The number of nitriles is 2. The first-order valence-electron chi connectivity index (χ1n) is 11.5. The molecule has 0 aliphatic carbocycles. The summed E-state index contributed by atoms with van der Waals surface area (Å²) < 4.78 is 23.2. The van der Waals surface area contributed by atoms with E-state index < -0.39 is 15.6 Å².